The number of halogens is 1. The van der Waals surface area contributed by atoms with Crippen molar-refractivity contribution in [1.29, 1.82) is 0 Å². The highest BCUT2D eigenvalue weighted by atomic mass is 79.9. The first kappa shape index (κ1) is 12.5. The molecule has 1 heterocycles. The van der Waals surface area contributed by atoms with Gasteiger partial charge in [-0.2, -0.15) is 0 Å². The van der Waals surface area contributed by atoms with Crippen LogP contribution in [0.5, 0.6) is 0 Å². The molecule has 0 saturated carbocycles. The maximum atomic E-state index is 4.33. The molecule has 0 radical (unpaired) electrons. The van der Waals surface area contributed by atoms with Gasteiger partial charge in [0.25, 0.3) is 0 Å². The molecule has 2 nitrogen and oxygen atoms in total. The summed E-state index contributed by atoms with van der Waals surface area (Å²) in [5, 5.41) is 3.43. The minimum atomic E-state index is 0.227. The molecule has 84 valence electrons. The van der Waals surface area contributed by atoms with E-state index in [0.29, 0.717) is 6.04 Å². The second-order valence-corrected chi connectivity index (χ2v) is 5.82. The lowest BCUT2D eigenvalue weighted by molar-refractivity contribution is 0.358. The maximum Gasteiger partial charge on any atom is 0.140 e. The van der Waals surface area contributed by atoms with Gasteiger partial charge in [0.15, 0.2) is 0 Å². The summed E-state index contributed by atoms with van der Waals surface area (Å²) in [5.74, 6) is 0.928. The van der Waals surface area contributed by atoms with Gasteiger partial charge < -0.3 is 5.32 Å². The van der Waals surface area contributed by atoms with Gasteiger partial charge in [-0.3, -0.25) is 0 Å². The molecular weight excluding hydrogens is 252 g/mol. The smallest absolute Gasteiger partial charge is 0.140 e. The fourth-order valence-corrected chi connectivity index (χ4v) is 1.41. The van der Waals surface area contributed by atoms with E-state index in [2.05, 4.69) is 60.8 Å². The number of aryl methyl sites for hydroxylation is 1. The van der Waals surface area contributed by atoms with Gasteiger partial charge in [0, 0.05) is 12.2 Å². The SMILES string of the molecule is Cc1ccnc(NC(C)C(C)(C)C)c1Br. The average Bonchev–Trinajstić information content (AvgIpc) is 2.11. The first-order chi connectivity index (χ1) is 6.82. The maximum absolute atomic E-state index is 4.33. The Hall–Kier alpha value is -0.570. The van der Waals surface area contributed by atoms with Crippen LogP contribution in [0.25, 0.3) is 0 Å². The van der Waals surface area contributed by atoms with Crippen LogP contribution < -0.4 is 5.32 Å². The van der Waals surface area contributed by atoms with Gasteiger partial charge in [-0.15, -0.1) is 0 Å². The summed E-state index contributed by atoms with van der Waals surface area (Å²) in [6.45, 7) is 10.9. The minimum absolute atomic E-state index is 0.227. The Kier molecular flexibility index (Phi) is 3.77. The van der Waals surface area contributed by atoms with Crippen molar-refractivity contribution in [2.75, 3.05) is 5.32 Å². The molecule has 0 aliphatic heterocycles. The quantitative estimate of drug-likeness (QED) is 0.879. The predicted molar refractivity (Wildman–Crippen MR) is 69.2 cm³/mol. The zero-order chi connectivity index (χ0) is 11.6. The summed E-state index contributed by atoms with van der Waals surface area (Å²) in [6.07, 6.45) is 1.83. The van der Waals surface area contributed by atoms with E-state index in [9.17, 15) is 0 Å². The van der Waals surface area contributed by atoms with E-state index in [1.54, 1.807) is 0 Å². The molecule has 0 fully saturated rings. The van der Waals surface area contributed by atoms with Gasteiger partial charge in [0.2, 0.25) is 0 Å². The highest BCUT2D eigenvalue weighted by molar-refractivity contribution is 9.10. The van der Waals surface area contributed by atoms with E-state index < -0.39 is 0 Å². The number of anilines is 1. The van der Waals surface area contributed by atoms with Crippen molar-refractivity contribution in [1.82, 2.24) is 4.98 Å². The van der Waals surface area contributed by atoms with Crippen LogP contribution in [0.3, 0.4) is 0 Å². The normalized spacial score (nSPS) is 13.7. The Bertz CT molecular complexity index is 342. The predicted octanol–water partition coefficient (Wildman–Crippen LogP) is 4.00. The fourth-order valence-electron chi connectivity index (χ4n) is 1.06. The third-order valence-electron chi connectivity index (χ3n) is 2.73. The molecule has 0 aliphatic rings. The van der Waals surface area contributed by atoms with Crippen LogP contribution in [-0.4, -0.2) is 11.0 Å². The number of nitrogens with zero attached hydrogens (tertiary/aromatic N) is 1. The Morgan fingerprint density at radius 1 is 1.40 bits per heavy atom. The summed E-state index contributed by atoms with van der Waals surface area (Å²) in [5.41, 5.74) is 1.43. The second-order valence-electron chi connectivity index (χ2n) is 5.02. The van der Waals surface area contributed by atoms with Crippen molar-refractivity contribution >= 4 is 21.7 Å². The Balaban J connectivity index is 2.86. The summed E-state index contributed by atoms with van der Waals surface area (Å²) in [7, 11) is 0. The van der Waals surface area contributed by atoms with Crippen LogP contribution in [-0.2, 0) is 0 Å². The van der Waals surface area contributed by atoms with Gasteiger partial charge in [0.1, 0.15) is 5.82 Å². The zero-order valence-corrected chi connectivity index (χ0v) is 11.6. The van der Waals surface area contributed by atoms with Crippen LogP contribution in [0.1, 0.15) is 33.3 Å². The molecule has 0 saturated heterocycles. The van der Waals surface area contributed by atoms with Crippen molar-refractivity contribution in [2.45, 2.75) is 40.7 Å². The van der Waals surface area contributed by atoms with Crippen LogP contribution in [0.2, 0.25) is 0 Å². The lowest BCUT2D eigenvalue weighted by Gasteiger charge is -2.29. The zero-order valence-electron chi connectivity index (χ0n) is 10.1. The van der Waals surface area contributed by atoms with Crippen molar-refractivity contribution in [2.24, 2.45) is 5.41 Å². The molecular formula is C12H19BrN2. The van der Waals surface area contributed by atoms with Crippen LogP contribution in [0.4, 0.5) is 5.82 Å². The Morgan fingerprint density at radius 3 is 2.53 bits per heavy atom. The Morgan fingerprint density at radius 2 is 2.00 bits per heavy atom. The largest absolute Gasteiger partial charge is 0.366 e. The molecule has 0 bridgehead atoms. The van der Waals surface area contributed by atoms with E-state index in [1.807, 2.05) is 12.3 Å². The molecule has 1 N–H and O–H groups in total. The standard InChI is InChI=1S/C12H19BrN2/c1-8-6-7-14-11(10(8)13)15-9(2)12(3,4)5/h6-7,9H,1-5H3,(H,14,15). The number of rotatable bonds is 2. The molecule has 15 heavy (non-hydrogen) atoms. The third-order valence-corrected chi connectivity index (χ3v) is 3.74. The average molecular weight is 271 g/mol. The van der Waals surface area contributed by atoms with Gasteiger partial charge in [-0.1, -0.05) is 20.8 Å². The van der Waals surface area contributed by atoms with Crippen molar-refractivity contribution in [3.05, 3.63) is 22.3 Å². The molecule has 0 spiro atoms. The van der Waals surface area contributed by atoms with Gasteiger partial charge >= 0.3 is 0 Å². The summed E-state index contributed by atoms with van der Waals surface area (Å²) < 4.78 is 1.06. The molecule has 1 rings (SSSR count). The first-order valence-corrected chi connectivity index (χ1v) is 5.99. The highest BCUT2D eigenvalue weighted by Crippen LogP contribution is 2.27. The third kappa shape index (κ3) is 3.20. The topological polar surface area (TPSA) is 24.9 Å². The van der Waals surface area contributed by atoms with E-state index in [1.165, 1.54) is 5.56 Å². The first-order valence-electron chi connectivity index (χ1n) is 5.20. The fraction of sp³-hybridized carbons (Fsp3) is 0.583. The second kappa shape index (κ2) is 4.52. The highest BCUT2D eigenvalue weighted by Gasteiger charge is 2.20. The number of pyridine rings is 1. The van der Waals surface area contributed by atoms with Crippen LogP contribution >= 0.6 is 15.9 Å². The molecule has 0 aliphatic carbocycles. The molecule has 1 unspecified atom stereocenters. The van der Waals surface area contributed by atoms with Crippen LogP contribution in [0.15, 0.2) is 16.7 Å². The molecule has 1 atom stereocenters. The van der Waals surface area contributed by atoms with E-state index in [0.717, 1.165) is 10.3 Å². The summed E-state index contributed by atoms with van der Waals surface area (Å²) in [6, 6.07) is 2.37. The number of nitrogens with one attached hydrogen (secondary N) is 1. The van der Waals surface area contributed by atoms with E-state index in [4.69, 9.17) is 0 Å². The summed E-state index contributed by atoms with van der Waals surface area (Å²) in [4.78, 5) is 4.33. The molecule has 1 aromatic heterocycles. The number of hydrogen-bond acceptors (Lipinski definition) is 2. The molecule has 0 amide bonds. The lowest BCUT2D eigenvalue weighted by atomic mass is 9.88. The van der Waals surface area contributed by atoms with Crippen LogP contribution in [0, 0.1) is 12.3 Å². The summed E-state index contributed by atoms with van der Waals surface area (Å²) >= 11 is 3.55. The minimum Gasteiger partial charge on any atom is -0.366 e. The van der Waals surface area contributed by atoms with Gasteiger partial charge in [0.05, 0.1) is 4.47 Å². The van der Waals surface area contributed by atoms with Gasteiger partial charge in [-0.25, -0.2) is 4.98 Å². The van der Waals surface area contributed by atoms with Crippen molar-refractivity contribution < 1.29 is 0 Å². The monoisotopic (exact) mass is 270 g/mol. The molecule has 0 aromatic carbocycles. The lowest BCUT2D eigenvalue weighted by Crippen LogP contribution is -2.31. The van der Waals surface area contributed by atoms with Crippen molar-refractivity contribution in [3.8, 4) is 0 Å². The number of aromatic nitrogens is 1. The van der Waals surface area contributed by atoms with Crippen molar-refractivity contribution in [3.63, 3.8) is 0 Å². The Labute approximate surface area is 101 Å². The van der Waals surface area contributed by atoms with E-state index in [-0.39, 0.29) is 5.41 Å². The number of hydrogen-bond donors (Lipinski definition) is 1. The van der Waals surface area contributed by atoms with Gasteiger partial charge in [-0.05, 0) is 46.8 Å². The molecule has 1 aromatic rings. The van der Waals surface area contributed by atoms with E-state index >= 15 is 0 Å². The molecule has 3 heteroatoms.